The fourth-order valence-corrected chi connectivity index (χ4v) is 1.65. The summed E-state index contributed by atoms with van der Waals surface area (Å²) in [5.41, 5.74) is 7.70. The van der Waals surface area contributed by atoms with E-state index in [9.17, 15) is 0 Å². The van der Waals surface area contributed by atoms with Gasteiger partial charge in [-0.3, -0.25) is 15.9 Å². The number of halogens is 1. The summed E-state index contributed by atoms with van der Waals surface area (Å²) in [5, 5.41) is 1.48. The maximum absolute atomic E-state index is 5.61. The highest BCUT2D eigenvalue weighted by atomic mass is 127. The largest absolute Gasteiger partial charge is 0.297 e. The number of hydrazine groups is 2. The Hall–Kier alpha value is -0.760. The average Bonchev–Trinajstić information content (AvgIpc) is 2.34. The highest BCUT2D eigenvalue weighted by Crippen LogP contribution is 2.23. The molecule has 0 aromatic heterocycles. The van der Waals surface area contributed by atoms with Crippen molar-refractivity contribution in [2.75, 3.05) is 0 Å². The minimum absolute atomic E-state index is 0.902. The molecule has 0 aromatic carbocycles. The third kappa shape index (κ3) is 0.979. The van der Waals surface area contributed by atoms with Crippen LogP contribution in [0.15, 0.2) is 26.3 Å². The summed E-state index contributed by atoms with van der Waals surface area (Å²) in [6, 6.07) is 0. The van der Waals surface area contributed by atoms with Gasteiger partial charge in [-0.25, -0.2) is 10.8 Å². The highest BCUT2D eigenvalue weighted by Gasteiger charge is 2.22. The Kier molecular flexibility index (Phi) is 1.50. The predicted molar refractivity (Wildman–Crippen MR) is 49.9 cm³/mol. The van der Waals surface area contributed by atoms with E-state index in [0.29, 0.717) is 0 Å². The number of nitrogens with zero attached hydrogens (tertiary/aromatic N) is 2. The van der Waals surface area contributed by atoms with Crippen molar-refractivity contribution in [1.82, 2.24) is 15.9 Å². The van der Waals surface area contributed by atoms with Crippen LogP contribution in [-0.2, 0) is 0 Å². The zero-order valence-corrected chi connectivity index (χ0v) is 7.66. The Morgan fingerprint density at radius 3 is 3.09 bits per heavy atom. The van der Waals surface area contributed by atoms with Gasteiger partial charge in [0.05, 0.1) is 6.20 Å². The molecule has 4 N–H and O–H groups in total. The van der Waals surface area contributed by atoms with Crippen LogP contribution in [0, 0.1) is 0 Å². The number of hydrogen-bond acceptors (Lipinski definition) is 5. The SMILES string of the molecule is NN1C=NC=C2NNC(I)=C21. The molecule has 0 bridgehead atoms. The molecule has 0 unspecified atom stereocenters. The van der Waals surface area contributed by atoms with E-state index >= 15 is 0 Å². The minimum atomic E-state index is 0.902. The van der Waals surface area contributed by atoms with E-state index in [1.165, 1.54) is 5.01 Å². The summed E-state index contributed by atoms with van der Waals surface area (Å²) < 4.78 is 0.975. The van der Waals surface area contributed by atoms with Crippen molar-refractivity contribution in [3.63, 3.8) is 0 Å². The number of rotatable bonds is 0. The number of nitrogens with two attached hydrogens (primary N) is 1. The second-order valence-corrected chi connectivity index (χ2v) is 3.21. The maximum atomic E-state index is 5.61. The van der Waals surface area contributed by atoms with Gasteiger partial charge < -0.3 is 0 Å². The topological polar surface area (TPSA) is 65.7 Å². The van der Waals surface area contributed by atoms with E-state index in [-0.39, 0.29) is 0 Å². The van der Waals surface area contributed by atoms with Crippen molar-refractivity contribution in [1.29, 1.82) is 0 Å². The van der Waals surface area contributed by atoms with Gasteiger partial charge in [0.25, 0.3) is 0 Å². The van der Waals surface area contributed by atoms with E-state index in [2.05, 4.69) is 38.4 Å². The zero-order valence-electron chi connectivity index (χ0n) is 5.50. The molecule has 58 valence electrons. The molecule has 0 spiro atoms. The molecule has 2 rings (SSSR count). The first-order chi connectivity index (χ1) is 5.29. The first-order valence-corrected chi connectivity index (χ1v) is 4.06. The maximum Gasteiger partial charge on any atom is 0.120 e. The lowest BCUT2D eigenvalue weighted by atomic mass is 10.3. The van der Waals surface area contributed by atoms with Gasteiger partial charge in [-0.1, -0.05) is 0 Å². The van der Waals surface area contributed by atoms with Crippen molar-refractivity contribution in [2.45, 2.75) is 0 Å². The fraction of sp³-hybridized carbons (Fsp3) is 0. The molecule has 2 aliphatic heterocycles. The molecular weight excluding hydrogens is 257 g/mol. The van der Waals surface area contributed by atoms with Gasteiger partial charge in [0, 0.05) is 0 Å². The Bertz CT molecular complexity index is 279. The lowest BCUT2D eigenvalue weighted by molar-refractivity contribution is 0.562. The summed E-state index contributed by atoms with van der Waals surface area (Å²) in [5.74, 6) is 5.61. The first kappa shape index (κ1) is 6.92. The molecule has 0 saturated carbocycles. The molecule has 0 fully saturated rings. The molecule has 0 aliphatic carbocycles. The van der Waals surface area contributed by atoms with Gasteiger partial charge in [0.15, 0.2) is 0 Å². The number of hydrogen-bond donors (Lipinski definition) is 3. The smallest absolute Gasteiger partial charge is 0.120 e. The quantitative estimate of drug-likeness (QED) is 0.320. The van der Waals surface area contributed by atoms with Crippen LogP contribution < -0.4 is 16.7 Å². The van der Waals surface area contributed by atoms with E-state index in [0.717, 1.165) is 15.1 Å². The van der Waals surface area contributed by atoms with Crippen molar-refractivity contribution in [2.24, 2.45) is 10.8 Å². The normalized spacial score (nSPS) is 20.9. The summed E-state index contributed by atoms with van der Waals surface area (Å²) in [6.45, 7) is 0. The van der Waals surface area contributed by atoms with Gasteiger partial charge in [0.1, 0.15) is 21.4 Å². The minimum Gasteiger partial charge on any atom is -0.297 e. The molecular formula is C5H6IN5. The van der Waals surface area contributed by atoms with Crippen LogP contribution in [0.4, 0.5) is 0 Å². The van der Waals surface area contributed by atoms with Crippen molar-refractivity contribution >= 4 is 28.9 Å². The molecule has 11 heavy (non-hydrogen) atoms. The number of fused-ring (bicyclic) bond motifs is 1. The van der Waals surface area contributed by atoms with Crippen molar-refractivity contribution in [3.05, 3.63) is 21.3 Å². The van der Waals surface area contributed by atoms with Gasteiger partial charge in [-0.2, -0.15) is 0 Å². The van der Waals surface area contributed by atoms with Crippen LogP contribution in [0.5, 0.6) is 0 Å². The lowest BCUT2D eigenvalue weighted by Gasteiger charge is -2.16. The standard InChI is InChI=1S/C5H6IN5/c6-5-4-3(9-10-5)1-8-2-11(4)7/h1-2,9-10H,7H2. The van der Waals surface area contributed by atoms with Crippen LogP contribution in [-0.4, -0.2) is 11.3 Å². The Morgan fingerprint density at radius 2 is 2.36 bits per heavy atom. The second kappa shape index (κ2) is 2.38. The predicted octanol–water partition coefficient (Wildman–Crippen LogP) is -0.243. The van der Waals surface area contributed by atoms with Gasteiger partial charge in [0.2, 0.25) is 0 Å². The molecule has 5 nitrogen and oxygen atoms in total. The molecule has 0 aromatic rings. The van der Waals surface area contributed by atoms with E-state index in [4.69, 9.17) is 5.84 Å². The van der Waals surface area contributed by atoms with Crippen LogP contribution in [0.2, 0.25) is 0 Å². The van der Waals surface area contributed by atoms with Crippen LogP contribution in [0.3, 0.4) is 0 Å². The van der Waals surface area contributed by atoms with Gasteiger partial charge >= 0.3 is 0 Å². The van der Waals surface area contributed by atoms with Crippen LogP contribution >= 0.6 is 22.6 Å². The van der Waals surface area contributed by atoms with Crippen molar-refractivity contribution in [3.8, 4) is 0 Å². The van der Waals surface area contributed by atoms with E-state index < -0.39 is 0 Å². The molecule has 0 saturated heterocycles. The average molecular weight is 263 g/mol. The number of nitrogens with one attached hydrogen (secondary N) is 2. The first-order valence-electron chi connectivity index (χ1n) is 2.98. The zero-order chi connectivity index (χ0) is 7.84. The third-order valence-corrected chi connectivity index (χ3v) is 2.20. The Balaban J connectivity index is 2.46. The van der Waals surface area contributed by atoms with Crippen LogP contribution in [0.25, 0.3) is 0 Å². The van der Waals surface area contributed by atoms with Gasteiger partial charge in [-0.15, -0.1) is 0 Å². The lowest BCUT2D eigenvalue weighted by Crippen LogP contribution is -2.32. The van der Waals surface area contributed by atoms with Crippen molar-refractivity contribution < 1.29 is 0 Å². The summed E-state index contributed by atoms with van der Waals surface area (Å²) in [4.78, 5) is 3.91. The molecule has 0 radical (unpaired) electrons. The van der Waals surface area contributed by atoms with Crippen LogP contribution in [0.1, 0.15) is 0 Å². The van der Waals surface area contributed by atoms with E-state index in [1.807, 2.05) is 0 Å². The molecule has 6 heteroatoms. The van der Waals surface area contributed by atoms with E-state index in [1.54, 1.807) is 12.5 Å². The monoisotopic (exact) mass is 263 g/mol. The number of aliphatic imine (C=N–C) groups is 1. The highest BCUT2D eigenvalue weighted by molar-refractivity contribution is 14.1. The summed E-state index contributed by atoms with van der Waals surface area (Å²) in [7, 11) is 0. The molecule has 2 aliphatic rings. The summed E-state index contributed by atoms with van der Waals surface area (Å²) >= 11 is 2.16. The Morgan fingerprint density at radius 1 is 1.55 bits per heavy atom. The molecule has 0 amide bonds. The third-order valence-electron chi connectivity index (χ3n) is 1.42. The second-order valence-electron chi connectivity index (χ2n) is 2.13. The molecule has 2 heterocycles. The van der Waals surface area contributed by atoms with Gasteiger partial charge in [-0.05, 0) is 22.6 Å². The molecule has 0 atom stereocenters. The fourth-order valence-electron chi connectivity index (χ4n) is 0.942. The Labute approximate surface area is 77.1 Å². The summed E-state index contributed by atoms with van der Waals surface area (Å²) in [6.07, 6.45) is 3.28.